The largest absolute Gasteiger partial charge is 0.375 e. The van der Waals surface area contributed by atoms with Gasteiger partial charge >= 0.3 is 0 Å². The Morgan fingerprint density at radius 2 is 1.36 bits per heavy atom. The van der Waals surface area contributed by atoms with E-state index < -0.39 is 0 Å². The lowest BCUT2D eigenvalue weighted by molar-refractivity contribution is -0.119. The molecule has 0 fully saturated rings. The van der Waals surface area contributed by atoms with E-state index in [0.717, 1.165) is 16.7 Å². The van der Waals surface area contributed by atoms with E-state index in [2.05, 4.69) is 22.8 Å². The number of carbonyl (C=O) groups excluding carboxylic acids is 2. The Labute approximate surface area is 164 Å². The second-order valence-electron chi connectivity index (χ2n) is 6.35. The molecule has 0 spiro atoms. The Balaban J connectivity index is 1.59. The Hall–Kier alpha value is -3.44. The van der Waals surface area contributed by atoms with Crippen molar-refractivity contribution in [3.05, 3.63) is 84.4 Å². The second-order valence-corrected chi connectivity index (χ2v) is 6.35. The van der Waals surface area contributed by atoms with Gasteiger partial charge in [0.1, 0.15) is 6.61 Å². The van der Waals surface area contributed by atoms with E-state index in [1.165, 1.54) is 7.11 Å². The summed E-state index contributed by atoms with van der Waals surface area (Å²) in [6.45, 7) is -0.0183. The zero-order valence-corrected chi connectivity index (χ0v) is 15.6. The highest BCUT2D eigenvalue weighted by atomic mass is 16.5. The van der Waals surface area contributed by atoms with Crippen LogP contribution in [0.5, 0.6) is 0 Å². The number of amides is 2. The molecule has 0 aliphatic carbocycles. The summed E-state index contributed by atoms with van der Waals surface area (Å²) in [7, 11) is 1.46. The van der Waals surface area contributed by atoms with Crippen molar-refractivity contribution in [3.63, 3.8) is 0 Å². The minimum Gasteiger partial charge on any atom is -0.375 e. The molecule has 0 heterocycles. The van der Waals surface area contributed by atoms with Crippen LogP contribution in [0.25, 0.3) is 11.1 Å². The van der Waals surface area contributed by atoms with Gasteiger partial charge in [-0.2, -0.15) is 0 Å². The average molecular weight is 374 g/mol. The Kier molecular flexibility index (Phi) is 6.54. The fourth-order valence-electron chi connectivity index (χ4n) is 2.84. The molecule has 28 heavy (non-hydrogen) atoms. The average Bonchev–Trinajstić information content (AvgIpc) is 2.69. The SMILES string of the molecule is COCC(=O)Nc1cccc(NC(=O)Cc2ccc(-c3ccccc3)cc2)c1. The van der Waals surface area contributed by atoms with Crippen molar-refractivity contribution >= 4 is 23.2 Å². The first-order valence-corrected chi connectivity index (χ1v) is 8.97. The topological polar surface area (TPSA) is 67.4 Å². The highest BCUT2D eigenvalue weighted by Gasteiger charge is 2.07. The molecule has 0 aliphatic rings. The number of methoxy groups -OCH3 is 1. The molecule has 0 aliphatic heterocycles. The Morgan fingerprint density at radius 1 is 0.750 bits per heavy atom. The van der Waals surface area contributed by atoms with Gasteiger partial charge in [0.25, 0.3) is 0 Å². The van der Waals surface area contributed by atoms with Gasteiger partial charge in [0.2, 0.25) is 11.8 Å². The molecule has 5 heteroatoms. The number of hydrogen-bond donors (Lipinski definition) is 2. The van der Waals surface area contributed by atoms with Crippen LogP contribution < -0.4 is 10.6 Å². The maximum Gasteiger partial charge on any atom is 0.250 e. The van der Waals surface area contributed by atoms with Crippen LogP contribution in [0.1, 0.15) is 5.56 Å². The van der Waals surface area contributed by atoms with Gasteiger partial charge < -0.3 is 15.4 Å². The first-order chi connectivity index (χ1) is 13.6. The van der Waals surface area contributed by atoms with Crippen molar-refractivity contribution in [1.82, 2.24) is 0 Å². The normalized spacial score (nSPS) is 10.3. The lowest BCUT2D eigenvalue weighted by Crippen LogP contribution is -2.18. The van der Waals surface area contributed by atoms with Crippen molar-refractivity contribution in [2.24, 2.45) is 0 Å². The summed E-state index contributed by atoms with van der Waals surface area (Å²) < 4.78 is 4.79. The smallest absolute Gasteiger partial charge is 0.250 e. The molecule has 3 rings (SSSR count). The van der Waals surface area contributed by atoms with Crippen molar-refractivity contribution in [2.75, 3.05) is 24.4 Å². The number of benzene rings is 3. The summed E-state index contributed by atoms with van der Waals surface area (Å²) >= 11 is 0. The molecule has 0 radical (unpaired) electrons. The van der Waals surface area contributed by atoms with E-state index in [1.807, 2.05) is 42.5 Å². The van der Waals surface area contributed by atoms with E-state index in [9.17, 15) is 9.59 Å². The molecular weight excluding hydrogens is 352 g/mol. The monoisotopic (exact) mass is 374 g/mol. The maximum absolute atomic E-state index is 12.4. The fourth-order valence-corrected chi connectivity index (χ4v) is 2.84. The number of carbonyl (C=O) groups is 2. The zero-order chi connectivity index (χ0) is 19.8. The van der Waals surface area contributed by atoms with Gasteiger partial charge in [-0.3, -0.25) is 9.59 Å². The van der Waals surface area contributed by atoms with E-state index >= 15 is 0 Å². The molecule has 0 unspecified atom stereocenters. The molecule has 0 saturated heterocycles. The lowest BCUT2D eigenvalue weighted by Gasteiger charge is -2.09. The van der Waals surface area contributed by atoms with Gasteiger partial charge in [-0.15, -0.1) is 0 Å². The quantitative estimate of drug-likeness (QED) is 0.654. The van der Waals surface area contributed by atoms with Gasteiger partial charge in [-0.05, 0) is 34.9 Å². The minimum absolute atomic E-state index is 0.0183. The Bertz CT molecular complexity index is 938. The maximum atomic E-state index is 12.4. The zero-order valence-electron chi connectivity index (χ0n) is 15.6. The van der Waals surface area contributed by atoms with Crippen molar-refractivity contribution in [2.45, 2.75) is 6.42 Å². The first kappa shape index (κ1) is 19.3. The third-order valence-corrected chi connectivity index (χ3v) is 4.13. The van der Waals surface area contributed by atoms with Crippen LogP contribution in [-0.2, 0) is 20.7 Å². The van der Waals surface area contributed by atoms with Crippen LogP contribution in [-0.4, -0.2) is 25.5 Å². The molecule has 0 saturated carbocycles. The second kappa shape index (κ2) is 9.48. The third kappa shape index (κ3) is 5.53. The van der Waals surface area contributed by atoms with Crippen LogP contribution in [0.15, 0.2) is 78.9 Å². The Morgan fingerprint density at radius 3 is 2.00 bits per heavy atom. The van der Waals surface area contributed by atoms with Crippen LogP contribution >= 0.6 is 0 Å². The predicted molar refractivity (Wildman–Crippen MR) is 111 cm³/mol. The molecule has 3 aromatic carbocycles. The predicted octanol–water partition coefficient (Wildman–Crippen LogP) is 4.12. The van der Waals surface area contributed by atoms with Crippen LogP contribution in [0.4, 0.5) is 11.4 Å². The van der Waals surface area contributed by atoms with Crippen molar-refractivity contribution in [3.8, 4) is 11.1 Å². The molecule has 5 nitrogen and oxygen atoms in total. The van der Waals surface area contributed by atoms with Gasteiger partial charge in [0, 0.05) is 18.5 Å². The number of ether oxygens (including phenoxy) is 1. The number of rotatable bonds is 7. The van der Waals surface area contributed by atoms with E-state index in [4.69, 9.17) is 4.74 Å². The molecule has 3 aromatic rings. The molecule has 0 aromatic heterocycles. The highest BCUT2D eigenvalue weighted by molar-refractivity contribution is 5.95. The minimum atomic E-state index is -0.246. The van der Waals surface area contributed by atoms with Crippen molar-refractivity contribution in [1.29, 1.82) is 0 Å². The van der Waals surface area contributed by atoms with Crippen LogP contribution in [0, 0.1) is 0 Å². The summed E-state index contributed by atoms with van der Waals surface area (Å²) in [5.41, 5.74) is 4.42. The van der Waals surface area contributed by atoms with Crippen molar-refractivity contribution < 1.29 is 14.3 Å². The molecule has 2 N–H and O–H groups in total. The van der Waals surface area contributed by atoms with Gasteiger partial charge in [0.05, 0.1) is 6.42 Å². The van der Waals surface area contributed by atoms with Gasteiger partial charge in [-0.1, -0.05) is 60.7 Å². The summed E-state index contributed by atoms with van der Waals surface area (Å²) in [5.74, 6) is -0.364. The molecule has 0 atom stereocenters. The van der Waals surface area contributed by atoms with Crippen LogP contribution in [0.3, 0.4) is 0 Å². The molecular formula is C23H22N2O3. The summed E-state index contributed by atoms with van der Waals surface area (Å²) in [6, 6.07) is 25.1. The fraction of sp³-hybridized carbons (Fsp3) is 0.130. The van der Waals surface area contributed by atoms with Gasteiger partial charge in [-0.25, -0.2) is 0 Å². The number of nitrogens with one attached hydrogen (secondary N) is 2. The summed E-state index contributed by atoms with van der Waals surface area (Å²) in [5, 5.41) is 5.57. The number of hydrogen-bond acceptors (Lipinski definition) is 3. The third-order valence-electron chi connectivity index (χ3n) is 4.13. The molecule has 142 valence electrons. The van der Waals surface area contributed by atoms with E-state index in [-0.39, 0.29) is 24.8 Å². The van der Waals surface area contributed by atoms with Crippen LogP contribution in [0.2, 0.25) is 0 Å². The molecule has 2 amide bonds. The lowest BCUT2D eigenvalue weighted by atomic mass is 10.0. The summed E-state index contributed by atoms with van der Waals surface area (Å²) in [4.78, 5) is 23.9. The number of anilines is 2. The van der Waals surface area contributed by atoms with E-state index in [0.29, 0.717) is 11.4 Å². The highest BCUT2D eigenvalue weighted by Crippen LogP contribution is 2.20. The summed E-state index contributed by atoms with van der Waals surface area (Å²) in [6.07, 6.45) is 0.273. The van der Waals surface area contributed by atoms with E-state index in [1.54, 1.807) is 24.3 Å². The standard InChI is InChI=1S/C23H22N2O3/c1-28-16-23(27)25-21-9-5-8-20(15-21)24-22(26)14-17-10-12-19(13-11-17)18-6-3-2-4-7-18/h2-13,15H,14,16H2,1H3,(H,24,26)(H,25,27). The molecule has 0 bridgehead atoms. The van der Waals surface area contributed by atoms with Gasteiger partial charge in [0.15, 0.2) is 0 Å². The first-order valence-electron chi connectivity index (χ1n) is 8.97.